The molecule has 1 aliphatic heterocycles. The van der Waals surface area contributed by atoms with Crippen LogP contribution in [0.1, 0.15) is 12.6 Å². The Morgan fingerprint density at radius 2 is 1.73 bits per heavy atom. The molecular weight excluding hydrogens is 491 g/mol. The van der Waals surface area contributed by atoms with Gasteiger partial charge in [-0.25, -0.2) is 9.11 Å². The Bertz CT molecular complexity index is 948. The molecule has 1 aromatic heterocycles. The van der Waals surface area contributed by atoms with Gasteiger partial charge < -0.3 is 43.8 Å². The van der Waals surface area contributed by atoms with E-state index < -0.39 is 54.2 Å². The molecule has 2 N–H and O–H groups in total. The molecule has 16 nitrogen and oxygen atoms in total. The van der Waals surface area contributed by atoms with Gasteiger partial charge >= 0.3 is 81.1 Å². The van der Waals surface area contributed by atoms with Gasteiger partial charge in [0, 0.05) is 19.7 Å². The molecular formula is C10H14Li4N3O13P3. The number of hydrogen-bond donors (Lipinski definition) is 2. The zero-order chi connectivity index (χ0) is 22.0. The van der Waals surface area contributed by atoms with Crippen LogP contribution >= 0.6 is 23.5 Å². The quantitative estimate of drug-likeness (QED) is 0.234. The first-order valence-electron chi connectivity index (χ1n) is 7.53. The summed E-state index contributed by atoms with van der Waals surface area (Å²) >= 11 is 0. The predicted molar refractivity (Wildman–Crippen MR) is 83.5 cm³/mol. The SMILES string of the molecule is CNc1ccn(C2CC(O)C(COP(=O)([O-])OP(=O)([O-])OP(=O)([O-])[O-])O2)c(=O)n1.[Li+].[Li+].[Li+].[Li+]. The second-order valence-corrected chi connectivity index (χ2v) is 9.73. The fraction of sp³-hybridized carbons (Fsp3) is 0.600. The zero-order valence-corrected chi connectivity index (χ0v) is 21.1. The van der Waals surface area contributed by atoms with Gasteiger partial charge in [0.05, 0.1) is 20.5 Å². The second kappa shape index (κ2) is 15.6. The third-order valence-corrected chi connectivity index (χ3v) is 7.06. The molecule has 1 fully saturated rings. The average molecular weight is 505 g/mol. The summed E-state index contributed by atoms with van der Waals surface area (Å²) < 4.78 is 49.8. The first kappa shape index (κ1) is 38.9. The Morgan fingerprint density at radius 3 is 2.21 bits per heavy atom. The fourth-order valence-corrected chi connectivity index (χ4v) is 5.12. The molecule has 23 heteroatoms. The van der Waals surface area contributed by atoms with Crippen molar-refractivity contribution < 1.29 is 132 Å². The van der Waals surface area contributed by atoms with E-state index in [-0.39, 0.29) is 87.7 Å². The van der Waals surface area contributed by atoms with Crippen molar-refractivity contribution in [1.29, 1.82) is 0 Å². The van der Waals surface area contributed by atoms with E-state index in [0.29, 0.717) is 0 Å². The summed E-state index contributed by atoms with van der Waals surface area (Å²) in [5.41, 5.74) is -0.724. The van der Waals surface area contributed by atoms with E-state index in [0.717, 1.165) is 4.57 Å². The van der Waals surface area contributed by atoms with E-state index in [1.807, 2.05) is 0 Å². The third kappa shape index (κ3) is 13.0. The number of hydrogen-bond acceptors (Lipinski definition) is 15. The number of nitrogens with one attached hydrogen (secondary N) is 1. The average Bonchev–Trinajstić information content (AvgIpc) is 2.90. The van der Waals surface area contributed by atoms with Gasteiger partial charge in [0.25, 0.3) is 15.6 Å². The van der Waals surface area contributed by atoms with Gasteiger partial charge in [0.2, 0.25) is 0 Å². The number of rotatable bonds is 9. The van der Waals surface area contributed by atoms with E-state index in [2.05, 4.69) is 23.4 Å². The number of aliphatic hydroxyl groups excluding tert-OH is 1. The molecule has 5 unspecified atom stereocenters. The van der Waals surface area contributed by atoms with Crippen LogP contribution in [-0.4, -0.2) is 40.5 Å². The molecule has 0 radical (unpaired) electrons. The van der Waals surface area contributed by atoms with Crippen LogP contribution in [0.15, 0.2) is 17.1 Å². The Hall–Kier alpha value is 1.40. The van der Waals surface area contributed by atoms with Crippen molar-refractivity contribution in [2.75, 3.05) is 19.0 Å². The smallest absolute Gasteiger partial charge is 0.790 e. The van der Waals surface area contributed by atoms with Crippen LogP contribution in [0, 0.1) is 0 Å². The van der Waals surface area contributed by atoms with Crippen molar-refractivity contribution in [2.45, 2.75) is 24.9 Å². The van der Waals surface area contributed by atoms with E-state index in [4.69, 9.17) is 4.74 Å². The van der Waals surface area contributed by atoms with E-state index in [1.54, 1.807) is 0 Å². The maximum Gasteiger partial charge on any atom is 1.00 e. The Balaban J connectivity index is -0.00000225. The molecule has 0 aliphatic carbocycles. The normalized spacial score (nSPS) is 23.4. The third-order valence-electron chi connectivity index (χ3n) is 3.40. The van der Waals surface area contributed by atoms with Crippen molar-refractivity contribution in [3.8, 4) is 0 Å². The Kier molecular flexibility index (Phi) is 18.4. The monoisotopic (exact) mass is 505 g/mol. The van der Waals surface area contributed by atoms with Gasteiger partial charge in [0.1, 0.15) is 18.1 Å². The number of aliphatic hydroxyl groups is 1. The summed E-state index contributed by atoms with van der Waals surface area (Å²) in [6.45, 7) is -0.957. The minimum Gasteiger partial charge on any atom is -0.790 e. The summed E-state index contributed by atoms with van der Waals surface area (Å²) in [4.78, 5) is 58.7. The summed E-state index contributed by atoms with van der Waals surface area (Å²) in [7, 11) is -16.4. The van der Waals surface area contributed by atoms with Crippen LogP contribution in [0.5, 0.6) is 0 Å². The first-order valence-corrected chi connectivity index (χ1v) is 11.9. The molecule has 33 heavy (non-hydrogen) atoms. The number of aromatic nitrogens is 2. The van der Waals surface area contributed by atoms with Crippen molar-refractivity contribution >= 4 is 29.3 Å². The van der Waals surface area contributed by atoms with E-state index >= 15 is 0 Å². The molecule has 5 atom stereocenters. The minimum absolute atomic E-state index is 0. The standard InChI is InChI=1S/C10H18N3O13P3.4Li/c1-11-8-2-3-13(10(15)12-8)9-4-6(14)7(24-9)5-23-28(19,20)26-29(21,22)25-27(16,17)18;;;;/h2-3,6-7,9,14H,4-5H2,1H3,(H,19,20)(H,21,22)(H,11,12,15)(H2,16,17,18);;;;/q;4*+1/p-4. The predicted octanol–water partition coefficient (Wildman–Crippen LogP) is -15.2. The number of phosphoric ester groups is 1. The summed E-state index contributed by atoms with van der Waals surface area (Å²) in [5.74, 6) is 0.277. The molecule has 2 heterocycles. The molecule has 0 saturated carbocycles. The van der Waals surface area contributed by atoms with Crippen LogP contribution < -0.4 is 106 Å². The first-order chi connectivity index (χ1) is 13.2. The van der Waals surface area contributed by atoms with Crippen molar-refractivity contribution in [3.63, 3.8) is 0 Å². The number of ether oxygens (including phenoxy) is 1. The van der Waals surface area contributed by atoms with Crippen LogP contribution in [0.2, 0.25) is 0 Å². The minimum atomic E-state index is -6.10. The summed E-state index contributed by atoms with van der Waals surface area (Å²) in [6.07, 6.45) is -2.53. The fourth-order valence-electron chi connectivity index (χ4n) is 2.26. The van der Waals surface area contributed by atoms with Crippen LogP contribution in [0.4, 0.5) is 5.82 Å². The molecule has 1 aliphatic rings. The largest absolute Gasteiger partial charge is 1.00 e. The molecule has 0 aromatic carbocycles. The summed E-state index contributed by atoms with van der Waals surface area (Å²) in [6, 6.07) is 1.44. The van der Waals surface area contributed by atoms with Gasteiger partial charge in [-0.15, -0.1) is 0 Å². The number of nitrogens with zero attached hydrogens (tertiary/aromatic N) is 2. The molecule has 0 amide bonds. The molecule has 0 bridgehead atoms. The topological polar surface area (TPSA) is 248 Å². The van der Waals surface area contributed by atoms with Gasteiger partial charge in [-0.2, -0.15) is 4.98 Å². The van der Waals surface area contributed by atoms with Gasteiger partial charge in [-0.1, -0.05) is 0 Å². The van der Waals surface area contributed by atoms with Crippen LogP contribution in [0.3, 0.4) is 0 Å². The molecule has 1 saturated heterocycles. The van der Waals surface area contributed by atoms with Crippen molar-refractivity contribution in [2.24, 2.45) is 0 Å². The maximum atomic E-state index is 11.9. The van der Waals surface area contributed by atoms with E-state index in [9.17, 15) is 43.2 Å². The van der Waals surface area contributed by atoms with Crippen LogP contribution in [-0.2, 0) is 31.6 Å². The van der Waals surface area contributed by atoms with Crippen LogP contribution in [0.25, 0.3) is 0 Å². The van der Waals surface area contributed by atoms with Gasteiger partial charge in [-0.05, 0) is 6.07 Å². The molecule has 0 spiro atoms. The molecule has 166 valence electrons. The molecule has 1 aromatic rings. The Labute approximate surface area is 235 Å². The maximum absolute atomic E-state index is 11.9. The molecule has 2 rings (SSSR count). The number of phosphoric acid groups is 3. The second-order valence-electron chi connectivity index (χ2n) is 5.49. The number of anilines is 1. The van der Waals surface area contributed by atoms with Gasteiger partial charge in [-0.3, -0.25) is 18.0 Å². The van der Waals surface area contributed by atoms with Gasteiger partial charge in [0.15, 0.2) is 0 Å². The van der Waals surface area contributed by atoms with Crippen molar-refractivity contribution in [1.82, 2.24) is 9.55 Å². The zero-order valence-electron chi connectivity index (χ0n) is 18.4. The van der Waals surface area contributed by atoms with E-state index in [1.165, 1.54) is 19.3 Å². The van der Waals surface area contributed by atoms with Crippen molar-refractivity contribution in [3.05, 3.63) is 22.7 Å². The summed E-state index contributed by atoms with van der Waals surface area (Å²) in [5, 5.41) is 12.6. The Morgan fingerprint density at radius 1 is 1.15 bits per heavy atom.